The molecule has 5 heteroatoms. The predicted molar refractivity (Wildman–Crippen MR) is 96.7 cm³/mol. The molecule has 1 aromatic heterocycles. The lowest BCUT2D eigenvalue weighted by Gasteiger charge is -2.16. The summed E-state index contributed by atoms with van der Waals surface area (Å²) in [5, 5.41) is 11.0. The molecule has 0 saturated carbocycles. The molecule has 3 rings (SSSR count). The van der Waals surface area contributed by atoms with Gasteiger partial charge in [-0.1, -0.05) is 42.8 Å². The van der Waals surface area contributed by atoms with Crippen LogP contribution in [0.1, 0.15) is 19.2 Å². The molecular weight excluding hydrogens is 324 g/mol. The molecule has 3 aromatic rings. The van der Waals surface area contributed by atoms with Gasteiger partial charge in [-0.25, -0.2) is 4.98 Å². The van der Waals surface area contributed by atoms with Crippen molar-refractivity contribution in [3.63, 3.8) is 0 Å². The Morgan fingerprint density at radius 2 is 1.92 bits per heavy atom. The molecule has 0 bridgehead atoms. The number of para-hydroxylation sites is 3. The third-order valence-corrected chi connectivity index (χ3v) is 4.18. The summed E-state index contributed by atoms with van der Waals surface area (Å²) >= 11 is 6.07. The average molecular weight is 345 g/mol. The number of fused-ring (bicyclic) bond motifs is 1. The Hall–Kier alpha value is -2.04. The van der Waals surface area contributed by atoms with Crippen LogP contribution in [0.2, 0.25) is 5.02 Å². The topological polar surface area (TPSA) is 47.3 Å². The minimum Gasteiger partial charge on any atom is -0.489 e. The molecule has 0 amide bonds. The number of aromatic nitrogens is 2. The SMILES string of the molecule is CCCc1nc2ccccc2n1C[C@@H](O)COc1ccccc1Cl. The molecule has 0 saturated heterocycles. The number of aliphatic hydroxyl groups excluding tert-OH is 1. The molecule has 126 valence electrons. The Bertz CT molecular complexity index is 816. The van der Waals surface area contributed by atoms with Crippen LogP contribution in [-0.4, -0.2) is 27.4 Å². The standard InChI is InChI=1S/C19H21ClN2O2/c1-2-7-19-21-16-9-4-5-10-17(16)22(19)12-14(23)13-24-18-11-6-3-8-15(18)20/h3-6,8-11,14,23H,2,7,12-13H2,1H3/t14-/m1/s1. The van der Waals surface area contributed by atoms with E-state index in [1.807, 2.05) is 36.4 Å². The molecule has 0 radical (unpaired) electrons. The van der Waals surface area contributed by atoms with Gasteiger partial charge in [-0.3, -0.25) is 0 Å². The second-order valence-corrected chi connectivity index (χ2v) is 6.18. The van der Waals surface area contributed by atoms with Crippen LogP contribution in [0.4, 0.5) is 0 Å². The van der Waals surface area contributed by atoms with Crippen LogP contribution in [0.25, 0.3) is 11.0 Å². The molecular formula is C19H21ClN2O2. The molecule has 0 fully saturated rings. The fourth-order valence-corrected chi connectivity index (χ4v) is 2.95. The third kappa shape index (κ3) is 3.71. The van der Waals surface area contributed by atoms with E-state index < -0.39 is 6.10 Å². The number of aryl methyl sites for hydroxylation is 1. The number of rotatable bonds is 7. The van der Waals surface area contributed by atoms with E-state index >= 15 is 0 Å². The van der Waals surface area contributed by atoms with Gasteiger partial charge < -0.3 is 14.4 Å². The van der Waals surface area contributed by atoms with E-state index in [0.29, 0.717) is 17.3 Å². The van der Waals surface area contributed by atoms with Crippen LogP contribution in [0.5, 0.6) is 5.75 Å². The zero-order valence-corrected chi connectivity index (χ0v) is 14.4. The van der Waals surface area contributed by atoms with Gasteiger partial charge in [-0.15, -0.1) is 0 Å². The first-order valence-corrected chi connectivity index (χ1v) is 8.56. The van der Waals surface area contributed by atoms with E-state index in [4.69, 9.17) is 16.3 Å². The molecule has 1 heterocycles. The number of aliphatic hydroxyl groups is 1. The van der Waals surface area contributed by atoms with Gasteiger partial charge in [0, 0.05) is 6.42 Å². The van der Waals surface area contributed by atoms with Gasteiger partial charge in [0.15, 0.2) is 0 Å². The summed E-state index contributed by atoms with van der Waals surface area (Å²) in [6.07, 6.45) is 1.25. The second-order valence-electron chi connectivity index (χ2n) is 5.77. The maximum Gasteiger partial charge on any atom is 0.138 e. The van der Waals surface area contributed by atoms with E-state index in [9.17, 15) is 5.11 Å². The maximum atomic E-state index is 10.4. The van der Waals surface area contributed by atoms with Crippen LogP contribution in [0.15, 0.2) is 48.5 Å². The number of hydrogen-bond acceptors (Lipinski definition) is 3. The largest absolute Gasteiger partial charge is 0.489 e. The quantitative estimate of drug-likeness (QED) is 0.702. The van der Waals surface area contributed by atoms with Crippen molar-refractivity contribution < 1.29 is 9.84 Å². The van der Waals surface area contributed by atoms with Crippen molar-refractivity contribution in [2.45, 2.75) is 32.4 Å². The number of hydrogen-bond donors (Lipinski definition) is 1. The number of nitrogens with zero attached hydrogens (tertiary/aromatic N) is 2. The van der Waals surface area contributed by atoms with Crippen molar-refractivity contribution in [3.8, 4) is 5.75 Å². The number of ether oxygens (including phenoxy) is 1. The molecule has 0 spiro atoms. The monoisotopic (exact) mass is 344 g/mol. The second kappa shape index (κ2) is 7.69. The number of benzene rings is 2. The van der Waals surface area contributed by atoms with Crippen molar-refractivity contribution in [3.05, 3.63) is 59.4 Å². The van der Waals surface area contributed by atoms with E-state index in [0.717, 1.165) is 29.7 Å². The number of imidazole rings is 1. The lowest BCUT2D eigenvalue weighted by molar-refractivity contribution is 0.0927. The summed E-state index contributed by atoms with van der Waals surface area (Å²) in [5.74, 6) is 1.58. The van der Waals surface area contributed by atoms with E-state index in [1.165, 1.54) is 0 Å². The highest BCUT2D eigenvalue weighted by molar-refractivity contribution is 6.32. The lowest BCUT2D eigenvalue weighted by atomic mass is 10.3. The fraction of sp³-hybridized carbons (Fsp3) is 0.316. The van der Waals surface area contributed by atoms with E-state index in [2.05, 4.69) is 16.5 Å². The molecule has 2 aromatic carbocycles. The fourth-order valence-electron chi connectivity index (χ4n) is 2.75. The Balaban J connectivity index is 1.74. The van der Waals surface area contributed by atoms with Crippen molar-refractivity contribution in [2.75, 3.05) is 6.61 Å². The lowest BCUT2D eigenvalue weighted by Crippen LogP contribution is -2.24. The zero-order valence-electron chi connectivity index (χ0n) is 13.7. The summed E-state index contributed by atoms with van der Waals surface area (Å²) in [5.41, 5.74) is 2.00. The maximum absolute atomic E-state index is 10.4. The first-order chi connectivity index (χ1) is 11.7. The van der Waals surface area contributed by atoms with Crippen LogP contribution >= 0.6 is 11.6 Å². The van der Waals surface area contributed by atoms with Gasteiger partial charge in [0.05, 0.1) is 22.6 Å². The van der Waals surface area contributed by atoms with Gasteiger partial charge in [-0.05, 0) is 30.7 Å². The number of halogens is 1. The van der Waals surface area contributed by atoms with Crippen molar-refractivity contribution >= 4 is 22.6 Å². The molecule has 0 aliphatic carbocycles. The Labute approximate surface area is 146 Å². The first-order valence-electron chi connectivity index (χ1n) is 8.18. The predicted octanol–water partition coefficient (Wildman–Crippen LogP) is 4.08. The molecule has 0 unspecified atom stereocenters. The highest BCUT2D eigenvalue weighted by Gasteiger charge is 2.14. The van der Waals surface area contributed by atoms with Crippen LogP contribution in [0, 0.1) is 0 Å². The van der Waals surface area contributed by atoms with Gasteiger partial charge in [-0.2, -0.15) is 0 Å². The minimum atomic E-state index is -0.644. The van der Waals surface area contributed by atoms with Crippen molar-refractivity contribution in [2.24, 2.45) is 0 Å². The zero-order chi connectivity index (χ0) is 16.9. The normalized spacial score (nSPS) is 12.5. The average Bonchev–Trinajstić information content (AvgIpc) is 2.92. The van der Waals surface area contributed by atoms with Gasteiger partial charge in [0.1, 0.15) is 24.3 Å². The molecule has 1 N–H and O–H groups in total. The molecule has 1 atom stereocenters. The van der Waals surface area contributed by atoms with E-state index in [1.54, 1.807) is 12.1 Å². The van der Waals surface area contributed by atoms with E-state index in [-0.39, 0.29) is 6.61 Å². The van der Waals surface area contributed by atoms with Crippen molar-refractivity contribution in [1.82, 2.24) is 9.55 Å². The smallest absolute Gasteiger partial charge is 0.138 e. The summed E-state index contributed by atoms with van der Waals surface area (Å²) in [7, 11) is 0. The molecule has 24 heavy (non-hydrogen) atoms. The molecule has 0 aliphatic heterocycles. The summed E-state index contributed by atoms with van der Waals surface area (Å²) < 4.78 is 7.73. The summed E-state index contributed by atoms with van der Waals surface area (Å²) in [4.78, 5) is 4.68. The van der Waals surface area contributed by atoms with Gasteiger partial charge in [0.2, 0.25) is 0 Å². The summed E-state index contributed by atoms with van der Waals surface area (Å²) in [6.45, 7) is 2.75. The van der Waals surface area contributed by atoms with Gasteiger partial charge >= 0.3 is 0 Å². The van der Waals surface area contributed by atoms with Crippen LogP contribution in [-0.2, 0) is 13.0 Å². The Morgan fingerprint density at radius 1 is 1.17 bits per heavy atom. The first kappa shape index (κ1) is 16.8. The summed E-state index contributed by atoms with van der Waals surface area (Å²) in [6, 6.07) is 15.3. The highest BCUT2D eigenvalue weighted by Crippen LogP contribution is 2.23. The van der Waals surface area contributed by atoms with Crippen LogP contribution in [0.3, 0.4) is 0 Å². The van der Waals surface area contributed by atoms with Crippen molar-refractivity contribution in [1.29, 1.82) is 0 Å². The molecule has 4 nitrogen and oxygen atoms in total. The third-order valence-electron chi connectivity index (χ3n) is 3.87. The Kier molecular flexibility index (Phi) is 5.38. The Morgan fingerprint density at radius 3 is 2.71 bits per heavy atom. The van der Waals surface area contributed by atoms with Gasteiger partial charge in [0.25, 0.3) is 0 Å². The van der Waals surface area contributed by atoms with Crippen LogP contribution < -0.4 is 4.74 Å². The molecule has 0 aliphatic rings. The minimum absolute atomic E-state index is 0.182. The highest BCUT2D eigenvalue weighted by atomic mass is 35.5.